The molecule has 6 rings (SSSR count). The van der Waals surface area contributed by atoms with Crippen molar-refractivity contribution in [2.24, 2.45) is 0 Å². The maximum Gasteiger partial charge on any atom is 0.336 e. The lowest BCUT2D eigenvalue weighted by Gasteiger charge is -2.11. The first-order chi connectivity index (χ1) is 22.3. The minimum absolute atomic E-state index is 0.431. The van der Waals surface area contributed by atoms with E-state index in [4.69, 9.17) is 20.4 Å². The maximum atomic E-state index is 11.3. The van der Waals surface area contributed by atoms with E-state index in [0.29, 0.717) is 0 Å². The first-order valence-corrected chi connectivity index (χ1v) is 13.2. The summed E-state index contributed by atoms with van der Waals surface area (Å²) in [5.74, 6) is -5.97. The molecule has 0 aliphatic rings. The SMILES string of the molecule is O=C(O)c1ccc(C(=O)O)c2c(C(=O)O)ccc(C(=O)O)c12.c1ccncc1.c1ccncc1.c1ccncc1.c1ccncc1. The molecule has 0 radical (unpaired) electrons. The van der Waals surface area contributed by atoms with Crippen molar-refractivity contribution < 1.29 is 39.6 Å². The molecule has 0 saturated heterocycles. The first kappa shape index (κ1) is 35.4. The van der Waals surface area contributed by atoms with E-state index in [9.17, 15) is 19.2 Å². The Balaban J connectivity index is 0.000000244. The van der Waals surface area contributed by atoms with Gasteiger partial charge in [-0.3, -0.25) is 19.9 Å². The van der Waals surface area contributed by atoms with Crippen molar-refractivity contribution in [3.8, 4) is 0 Å². The molecular formula is C34H28N4O8. The van der Waals surface area contributed by atoms with E-state index in [1.807, 2.05) is 72.8 Å². The Morgan fingerprint density at radius 3 is 0.587 bits per heavy atom. The average molecular weight is 621 g/mol. The topological polar surface area (TPSA) is 201 Å². The molecule has 12 heteroatoms. The monoisotopic (exact) mass is 620 g/mol. The fourth-order valence-electron chi connectivity index (χ4n) is 3.46. The maximum absolute atomic E-state index is 11.3. The van der Waals surface area contributed by atoms with Crippen LogP contribution >= 0.6 is 0 Å². The van der Waals surface area contributed by atoms with Gasteiger partial charge in [0, 0.05) is 60.3 Å². The van der Waals surface area contributed by atoms with E-state index < -0.39 is 56.9 Å². The highest BCUT2D eigenvalue weighted by atomic mass is 16.4. The van der Waals surface area contributed by atoms with Crippen LogP contribution in [0.3, 0.4) is 0 Å². The molecule has 4 heterocycles. The number of fused-ring (bicyclic) bond motifs is 1. The molecule has 2 aromatic carbocycles. The summed E-state index contributed by atoms with van der Waals surface area (Å²) in [6.07, 6.45) is 14.0. The van der Waals surface area contributed by atoms with Gasteiger partial charge in [0.15, 0.2) is 0 Å². The van der Waals surface area contributed by atoms with Crippen LogP contribution in [0.25, 0.3) is 10.8 Å². The summed E-state index contributed by atoms with van der Waals surface area (Å²) < 4.78 is 0. The van der Waals surface area contributed by atoms with Crippen molar-refractivity contribution in [1.29, 1.82) is 0 Å². The van der Waals surface area contributed by atoms with Crippen LogP contribution in [0.2, 0.25) is 0 Å². The summed E-state index contributed by atoms with van der Waals surface area (Å²) in [4.78, 5) is 60.2. The third-order valence-corrected chi connectivity index (χ3v) is 5.35. The normalized spacial score (nSPS) is 9.13. The van der Waals surface area contributed by atoms with Gasteiger partial charge in [-0.25, -0.2) is 19.2 Å². The zero-order valence-corrected chi connectivity index (χ0v) is 24.1. The van der Waals surface area contributed by atoms with Crippen molar-refractivity contribution in [2.75, 3.05) is 0 Å². The van der Waals surface area contributed by atoms with Gasteiger partial charge in [0.05, 0.1) is 22.3 Å². The molecule has 0 bridgehead atoms. The Morgan fingerprint density at radius 1 is 0.326 bits per heavy atom. The van der Waals surface area contributed by atoms with Gasteiger partial charge >= 0.3 is 23.9 Å². The molecule has 0 atom stereocenters. The Hall–Kier alpha value is -6.82. The number of aromatic nitrogens is 4. The summed E-state index contributed by atoms with van der Waals surface area (Å²) in [7, 11) is 0. The van der Waals surface area contributed by atoms with Crippen LogP contribution in [0.5, 0.6) is 0 Å². The molecule has 0 unspecified atom stereocenters. The molecule has 12 nitrogen and oxygen atoms in total. The number of aromatic carboxylic acids is 4. The Labute approximate surface area is 263 Å². The van der Waals surface area contributed by atoms with Crippen molar-refractivity contribution in [3.05, 3.63) is 169 Å². The van der Waals surface area contributed by atoms with Gasteiger partial charge in [-0.1, -0.05) is 24.3 Å². The second-order valence-electron chi connectivity index (χ2n) is 8.39. The van der Waals surface area contributed by atoms with E-state index in [0.717, 1.165) is 24.3 Å². The third kappa shape index (κ3) is 12.2. The minimum Gasteiger partial charge on any atom is -0.478 e. The van der Waals surface area contributed by atoms with E-state index in [1.165, 1.54) is 0 Å². The fourth-order valence-corrected chi connectivity index (χ4v) is 3.46. The number of carbonyl (C=O) groups is 4. The van der Waals surface area contributed by atoms with Gasteiger partial charge in [-0.15, -0.1) is 0 Å². The zero-order chi connectivity index (χ0) is 33.6. The Kier molecular flexibility index (Phi) is 15.5. The lowest BCUT2D eigenvalue weighted by Crippen LogP contribution is -2.11. The second kappa shape index (κ2) is 20.1. The average Bonchev–Trinajstić information content (AvgIpc) is 3.11. The van der Waals surface area contributed by atoms with E-state index in [1.54, 1.807) is 49.6 Å². The summed E-state index contributed by atoms with van der Waals surface area (Å²) in [5, 5.41) is 35.8. The van der Waals surface area contributed by atoms with E-state index in [2.05, 4.69) is 19.9 Å². The van der Waals surface area contributed by atoms with Gasteiger partial charge in [0.1, 0.15) is 0 Å². The number of carboxylic acid groups (broad SMARTS) is 4. The van der Waals surface area contributed by atoms with Crippen LogP contribution < -0.4 is 0 Å². The first-order valence-electron chi connectivity index (χ1n) is 13.2. The lowest BCUT2D eigenvalue weighted by atomic mass is 9.91. The molecular weight excluding hydrogens is 592 g/mol. The molecule has 46 heavy (non-hydrogen) atoms. The van der Waals surface area contributed by atoms with Crippen molar-refractivity contribution in [2.45, 2.75) is 0 Å². The van der Waals surface area contributed by atoms with Crippen molar-refractivity contribution in [3.63, 3.8) is 0 Å². The number of benzene rings is 2. The number of pyridine rings is 4. The second-order valence-corrected chi connectivity index (χ2v) is 8.39. The molecule has 0 spiro atoms. The number of rotatable bonds is 4. The summed E-state index contributed by atoms with van der Waals surface area (Å²) in [6.45, 7) is 0. The molecule has 4 N–H and O–H groups in total. The van der Waals surface area contributed by atoms with Gasteiger partial charge in [0.2, 0.25) is 0 Å². The zero-order valence-electron chi connectivity index (χ0n) is 24.1. The number of hydrogen-bond donors (Lipinski definition) is 4. The summed E-state index contributed by atoms with van der Waals surface area (Å²) in [6, 6.07) is 26.6. The molecule has 0 aliphatic carbocycles. The molecule has 0 fully saturated rings. The van der Waals surface area contributed by atoms with Crippen LogP contribution in [-0.2, 0) is 0 Å². The summed E-state index contributed by atoms with van der Waals surface area (Å²) >= 11 is 0. The summed E-state index contributed by atoms with van der Waals surface area (Å²) in [5.41, 5.74) is -1.94. The predicted molar refractivity (Wildman–Crippen MR) is 169 cm³/mol. The third-order valence-electron chi connectivity index (χ3n) is 5.35. The molecule has 0 amide bonds. The number of carboxylic acids is 4. The van der Waals surface area contributed by atoms with E-state index >= 15 is 0 Å². The molecule has 0 saturated carbocycles. The fraction of sp³-hybridized carbons (Fsp3) is 0. The van der Waals surface area contributed by atoms with Crippen molar-refractivity contribution in [1.82, 2.24) is 19.9 Å². The molecule has 6 aromatic rings. The van der Waals surface area contributed by atoms with Crippen LogP contribution in [-0.4, -0.2) is 64.2 Å². The number of nitrogens with zero attached hydrogens (tertiary/aromatic N) is 4. The number of hydrogen-bond acceptors (Lipinski definition) is 8. The highest BCUT2D eigenvalue weighted by Gasteiger charge is 2.25. The predicted octanol–water partition coefficient (Wildman–Crippen LogP) is 5.96. The quantitative estimate of drug-likeness (QED) is 0.180. The highest BCUT2D eigenvalue weighted by Crippen LogP contribution is 2.30. The Bertz CT molecular complexity index is 1420. The molecule has 0 aliphatic heterocycles. The van der Waals surface area contributed by atoms with Crippen LogP contribution in [0.15, 0.2) is 147 Å². The molecule has 4 aromatic heterocycles. The van der Waals surface area contributed by atoms with Crippen molar-refractivity contribution >= 4 is 34.6 Å². The van der Waals surface area contributed by atoms with Crippen LogP contribution in [0.1, 0.15) is 41.4 Å². The molecule has 232 valence electrons. The van der Waals surface area contributed by atoms with Gasteiger partial charge < -0.3 is 20.4 Å². The van der Waals surface area contributed by atoms with Gasteiger partial charge in [-0.05, 0) is 72.8 Å². The lowest BCUT2D eigenvalue weighted by molar-refractivity contribution is 0.0675. The smallest absolute Gasteiger partial charge is 0.336 e. The Morgan fingerprint density at radius 2 is 0.500 bits per heavy atom. The highest BCUT2D eigenvalue weighted by molar-refractivity contribution is 6.21. The van der Waals surface area contributed by atoms with Gasteiger partial charge in [-0.2, -0.15) is 0 Å². The van der Waals surface area contributed by atoms with Gasteiger partial charge in [0.25, 0.3) is 0 Å². The van der Waals surface area contributed by atoms with Crippen LogP contribution in [0, 0.1) is 0 Å². The minimum atomic E-state index is -1.49. The largest absolute Gasteiger partial charge is 0.478 e. The van der Waals surface area contributed by atoms with Crippen LogP contribution in [0.4, 0.5) is 0 Å². The standard InChI is InChI=1S/C14H8O8.4C5H5N/c15-11(16)5-1-2-6(12(17)18)10-8(14(21)22)4-3-7(9(5)10)13(19)20;4*1-2-4-6-5-3-1/h1-4H,(H,15,16)(H,17,18)(H,19,20)(H,21,22);4*1-5H. The van der Waals surface area contributed by atoms with E-state index in [-0.39, 0.29) is 0 Å².